The van der Waals surface area contributed by atoms with E-state index < -0.39 is 0 Å². The number of benzene rings is 1. The molecule has 2 heterocycles. The molecule has 0 amide bonds. The lowest BCUT2D eigenvalue weighted by Crippen LogP contribution is -2.33. The molecule has 106 valence electrons. The van der Waals surface area contributed by atoms with Crippen molar-refractivity contribution in [1.82, 2.24) is 15.1 Å². The highest BCUT2D eigenvalue weighted by atomic mass is 16.5. The van der Waals surface area contributed by atoms with Crippen LogP contribution in [0.2, 0.25) is 0 Å². The van der Waals surface area contributed by atoms with Gasteiger partial charge in [0.25, 0.3) is 0 Å². The standard InChI is InChI=1S/C16H21N3O/c1-12(13(2)19-8-3-7-18-19)17-11-14-4-5-16-15(10-14)6-9-20-16/h3-5,7-8,10,12-13,17H,6,9,11H2,1-2H3/t12-,13+/m1/s1. The average molecular weight is 271 g/mol. The predicted octanol–water partition coefficient (Wildman–Crippen LogP) is 2.56. The molecule has 1 aromatic carbocycles. The maximum absolute atomic E-state index is 5.53. The van der Waals surface area contributed by atoms with Gasteiger partial charge in [-0.05, 0) is 37.1 Å². The van der Waals surface area contributed by atoms with Crippen molar-refractivity contribution < 1.29 is 4.74 Å². The molecule has 3 rings (SSSR count). The molecular weight excluding hydrogens is 250 g/mol. The molecule has 0 radical (unpaired) electrons. The average Bonchev–Trinajstić information content (AvgIpc) is 3.13. The van der Waals surface area contributed by atoms with Gasteiger partial charge in [0, 0.05) is 31.4 Å². The molecule has 0 fully saturated rings. The molecule has 0 aliphatic carbocycles. The van der Waals surface area contributed by atoms with Gasteiger partial charge in [0.2, 0.25) is 0 Å². The zero-order chi connectivity index (χ0) is 13.9. The molecule has 1 aliphatic rings. The molecule has 2 aromatic rings. The Balaban J connectivity index is 1.59. The maximum atomic E-state index is 5.53. The molecule has 20 heavy (non-hydrogen) atoms. The van der Waals surface area contributed by atoms with E-state index in [4.69, 9.17) is 4.74 Å². The van der Waals surface area contributed by atoms with Crippen molar-refractivity contribution >= 4 is 0 Å². The van der Waals surface area contributed by atoms with E-state index in [-0.39, 0.29) is 0 Å². The number of nitrogens with one attached hydrogen (secondary N) is 1. The first-order valence-electron chi connectivity index (χ1n) is 7.21. The third-order valence-electron chi connectivity index (χ3n) is 4.05. The van der Waals surface area contributed by atoms with Gasteiger partial charge in [-0.3, -0.25) is 4.68 Å². The smallest absolute Gasteiger partial charge is 0.122 e. The Morgan fingerprint density at radius 1 is 1.40 bits per heavy atom. The van der Waals surface area contributed by atoms with Crippen molar-refractivity contribution in [1.29, 1.82) is 0 Å². The van der Waals surface area contributed by atoms with E-state index >= 15 is 0 Å². The largest absolute Gasteiger partial charge is 0.493 e. The molecule has 1 aliphatic heterocycles. The molecule has 0 saturated heterocycles. The van der Waals surface area contributed by atoms with E-state index in [2.05, 4.69) is 42.5 Å². The van der Waals surface area contributed by atoms with E-state index in [1.54, 1.807) is 0 Å². The Labute approximate surface area is 119 Å². The van der Waals surface area contributed by atoms with Crippen molar-refractivity contribution in [2.45, 2.75) is 38.9 Å². The number of hydrogen-bond donors (Lipinski definition) is 1. The minimum absolute atomic E-state index is 0.336. The Morgan fingerprint density at radius 3 is 3.10 bits per heavy atom. The monoisotopic (exact) mass is 271 g/mol. The van der Waals surface area contributed by atoms with Gasteiger partial charge in [-0.2, -0.15) is 5.10 Å². The summed E-state index contributed by atoms with van der Waals surface area (Å²) in [4.78, 5) is 0. The summed E-state index contributed by atoms with van der Waals surface area (Å²) in [6.07, 6.45) is 4.86. The fourth-order valence-corrected chi connectivity index (χ4v) is 2.55. The van der Waals surface area contributed by atoms with Crippen molar-refractivity contribution in [3.63, 3.8) is 0 Å². The third kappa shape index (κ3) is 2.70. The van der Waals surface area contributed by atoms with Crippen LogP contribution in [0.25, 0.3) is 0 Å². The highest BCUT2D eigenvalue weighted by molar-refractivity contribution is 5.39. The summed E-state index contributed by atoms with van der Waals surface area (Å²) in [6.45, 7) is 6.07. The number of nitrogens with zero attached hydrogens (tertiary/aromatic N) is 2. The molecule has 0 saturated carbocycles. The number of hydrogen-bond acceptors (Lipinski definition) is 3. The molecule has 4 nitrogen and oxygen atoms in total. The van der Waals surface area contributed by atoms with Gasteiger partial charge >= 0.3 is 0 Å². The molecule has 0 unspecified atom stereocenters. The Bertz CT molecular complexity index is 565. The van der Waals surface area contributed by atoms with Crippen LogP contribution in [-0.2, 0) is 13.0 Å². The molecule has 2 atom stereocenters. The van der Waals surface area contributed by atoms with E-state index in [0.29, 0.717) is 12.1 Å². The lowest BCUT2D eigenvalue weighted by atomic mass is 10.1. The number of ether oxygens (including phenoxy) is 1. The normalized spacial score (nSPS) is 16.5. The van der Waals surface area contributed by atoms with Crippen LogP contribution in [0.15, 0.2) is 36.7 Å². The Morgan fingerprint density at radius 2 is 2.30 bits per heavy atom. The number of fused-ring (bicyclic) bond motifs is 1. The number of rotatable bonds is 5. The first-order valence-corrected chi connectivity index (χ1v) is 7.21. The van der Waals surface area contributed by atoms with Crippen LogP contribution < -0.4 is 10.1 Å². The highest BCUT2D eigenvalue weighted by Gasteiger charge is 2.15. The van der Waals surface area contributed by atoms with Gasteiger partial charge in [-0.15, -0.1) is 0 Å². The van der Waals surface area contributed by atoms with Crippen molar-refractivity contribution in [2.75, 3.05) is 6.61 Å². The summed E-state index contributed by atoms with van der Waals surface area (Å²) in [7, 11) is 0. The highest BCUT2D eigenvalue weighted by Crippen LogP contribution is 2.25. The maximum Gasteiger partial charge on any atom is 0.122 e. The second kappa shape index (κ2) is 5.67. The molecule has 0 bridgehead atoms. The van der Waals surface area contributed by atoms with Crippen molar-refractivity contribution in [3.05, 3.63) is 47.8 Å². The van der Waals surface area contributed by atoms with Gasteiger partial charge < -0.3 is 10.1 Å². The minimum Gasteiger partial charge on any atom is -0.493 e. The van der Waals surface area contributed by atoms with E-state index in [1.165, 1.54) is 11.1 Å². The first kappa shape index (κ1) is 13.2. The predicted molar refractivity (Wildman–Crippen MR) is 78.9 cm³/mol. The van der Waals surface area contributed by atoms with Crippen LogP contribution in [0.4, 0.5) is 0 Å². The summed E-state index contributed by atoms with van der Waals surface area (Å²) in [5.74, 6) is 1.05. The summed E-state index contributed by atoms with van der Waals surface area (Å²) in [6, 6.07) is 9.13. The van der Waals surface area contributed by atoms with Gasteiger partial charge in [-0.25, -0.2) is 0 Å². The molecule has 4 heteroatoms. The molecular formula is C16H21N3O. The summed E-state index contributed by atoms with van der Waals surface area (Å²) in [5.41, 5.74) is 2.64. The van der Waals surface area contributed by atoms with Crippen LogP contribution in [-0.4, -0.2) is 22.4 Å². The van der Waals surface area contributed by atoms with Gasteiger partial charge in [0.1, 0.15) is 5.75 Å². The van der Waals surface area contributed by atoms with E-state index in [1.807, 2.05) is 23.1 Å². The Hall–Kier alpha value is -1.81. The third-order valence-corrected chi connectivity index (χ3v) is 4.05. The summed E-state index contributed by atoms with van der Waals surface area (Å²) < 4.78 is 7.53. The number of aromatic nitrogens is 2. The zero-order valence-corrected chi connectivity index (χ0v) is 12.0. The zero-order valence-electron chi connectivity index (χ0n) is 12.0. The lowest BCUT2D eigenvalue weighted by Gasteiger charge is -2.22. The van der Waals surface area contributed by atoms with Gasteiger partial charge in [0.15, 0.2) is 0 Å². The first-order chi connectivity index (χ1) is 9.74. The minimum atomic E-state index is 0.336. The fraction of sp³-hybridized carbons (Fsp3) is 0.438. The van der Waals surface area contributed by atoms with E-state index in [0.717, 1.165) is 25.3 Å². The van der Waals surface area contributed by atoms with E-state index in [9.17, 15) is 0 Å². The van der Waals surface area contributed by atoms with Crippen LogP contribution in [0.3, 0.4) is 0 Å². The second-order valence-corrected chi connectivity index (χ2v) is 5.44. The van der Waals surface area contributed by atoms with Gasteiger partial charge in [0.05, 0.1) is 12.6 Å². The molecule has 0 spiro atoms. The SMILES string of the molecule is C[C@@H](NCc1ccc2c(c1)CCO2)[C@H](C)n1cccn1. The lowest BCUT2D eigenvalue weighted by molar-refractivity contribution is 0.356. The summed E-state index contributed by atoms with van der Waals surface area (Å²) in [5, 5.41) is 7.88. The van der Waals surface area contributed by atoms with Crippen LogP contribution >= 0.6 is 0 Å². The quantitative estimate of drug-likeness (QED) is 0.908. The van der Waals surface area contributed by atoms with Crippen LogP contribution in [0.5, 0.6) is 5.75 Å². The van der Waals surface area contributed by atoms with Crippen molar-refractivity contribution in [3.8, 4) is 5.75 Å². The van der Waals surface area contributed by atoms with Gasteiger partial charge in [-0.1, -0.05) is 12.1 Å². The Kier molecular flexibility index (Phi) is 3.74. The topological polar surface area (TPSA) is 39.1 Å². The van der Waals surface area contributed by atoms with Crippen LogP contribution in [0, 0.1) is 0 Å². The molecule has 1 N–H and O–H groups in total. The fourth-order valence-electron chi connectivity index (χ4n) is 2.55. The molecule has 1 aromatic heterocycles. The van der Waals surface area contributed by atoms with Crippen molar-refractivity contribution in [2.24, 2.45) is 0 Å². The second-order valence-electron chi connectivity index (χ2n) is 5.44. The summed E-state index contributed by atoms with van der Waals surface area (Å²) >= 11 is 0. The van der Waals surface area contributed by atoms with Crippen LogP contribution in [0.1, 0.15) is 31.0 Å².